The average Bonchev–Trinajstić information content (AvgIpc) is 3.22. The molecule has 0 aromatic rings. The summed E-state index contributed by atoms with van der Waals surface area (Å²) < 4.78 is 0. The fraction of sp³-hybridized carbons (Fsp3) is 0.929. The van der Waals surface area contributed by atoms with E-state index in [0.717, 1.165) is 12.8 Å². The van der Waals surface area contributed by atoms with Gasteiger partial charge in [-0.2, -0.15) is 0 Å². The average molecular weight is 254 g/mol. The minimum Gasteiger partial charge on any atom is -0.395 e. The van der Waals surface area contributed by atoms with Crippen molar-refractivity contribution in [3.05, 3.63) is 0 Å². The third-order valence-corrected chi connectivity index (χ3v) is 4.30. The van der Waals surface area contributed by atoms with Crippen LogP contribution in [-0.4, -0.2) is 59.6 Å². The summed E-state index contributed by atoms with van der Waals surface area (Å²) in [6, 6.07) is 0.988. The normalized spacial score (nSPS) is 21.3. The standard InChI is InChI=1S/C14H26N2O2/c1-15(12-5-3-2-4-6-12)14(18)11-16(9-10-17)13-7-8-13/h12-13,17H,2-11H2,1H3. The van der Waals surface area contributed by atoms with Crippen molar-refractivity contribution in [3.8, 4) is 0 Å². The SMILES string of the molecule is CN(C(=O)CN(CCO)C1CC1)C1CCCCC1. The lowest BCUT2D eigenvalue weighted by Crippen LogP contribution is -2.45. The molecule has 0 unspecified atom stereocenters. The summed E-state index contributed by atoms with van der Waals surface area (Å²) in [7, 11) is 1.95. The Balaban J connectivity index is 1.81. The summed E-state index contributed by atoms with van der Waals surface area (Å²) in [5, 5.41) is 9.05. The lowest BCUT2D eigenvalue weighted by Gasteiger charge is -2.33. The summed E-state index contributed by atoms with van der Waals surface area (Å²) in [4.78, 5) is 16.4. The maximum Gasteiger partial charge on any atom is 0.236 e. The van der Waals surface area contributed by atoms with Crippen molar-refractivity contribution in [1.82, 2.24) is 9.80 Å². The summed E-state index contributed by atoms with van der Waals surface area (Å²) in [5.41, 5.74) is 0. The highest BCUT2D eigenvalue weighted by Gasteiger charge is 2.31. The van der Waals surface area contributed by atoms with Crippen molar-refractivity contribution >= 4 is 5.91 Å². The van der Waals surface area contributed by atoms with Gasteiger partial charge in [0.1, 0.15) is 0 Å². The van der Waals surface area contributed by atoms with Gasteiger partial charge in [0.25, 0.3) is 0 Å². The van der Waals surface area contributed by atoms with E-state index >= 15 is 0 Å². The monoisotopic (exact) mass is 254 g/mol. The third kappa shape index (κ3) is 3.69. The molecule has 0 aliphatic heterocycles. The first-order chi connectivity index (χ1) is 8.72. The largest absolute Gasteiger partial charge is 0.395 e. The Kier molecular flexibility index (Phi) is 5.01. The lowest BCUT2D eigenvalue weighted by atomic mass is 9.94. The number of hydrogen-bond donors (Lipinski definition) is 1. The molecule has 2 aliphatic rings. The van der Waals surface area contributed by atoms with Gasteiger partial charge in [-0.3, -0.25) is 9.69 Å². The van der Waals surface area contributed by atoms with Crippen molar-refractivity contribution < 1.29 is 9.90 Å². The molecule has 0 atom stereocenters. The highest BCUT2D eigenvalue weighted by Crippen LogP contribution is 2.27. The van der Waals surface area contributed by atoms with Gasteiger partial charge in [-0.25, -0.2) is 0 Å². The summed E-state index contributed by atoms with van der Waals surface area (Å²) >= 11 is 0. The van der Waals surface area contributed by atoms with Gasteiger partial charge in [0.05, 0.1) is 13.2 Å². The van der Waals surface area contributed by atoms with Crippen LogP contribution in [-0.2, 0) is 4.79 Å². The molecule has 0 saturated heterocycles. The van der Waals surface area contributed by atoms with Crippen LogP contribution in [0.2, 0.25) is 0 Å². The second-order valence-electron chi connectivity index (χ2n) is 5.72. The van der Waals surface area contributed by atoms with E-state index in [9.17, 15) is 4.79 Å². The Labute approximate surface area is 110 Å². The highest BCUT2D eigenvalue weighted by atomic mass is 16.3. The van der Waals surface area contributed by atoms with Crippen LogP contribution >= 0.6 is 0 Å². The number of aliphatic hydroxyl groups is 1. The zero-order chi connectivity index (χ0) is 13.0. The van der Waals surface area contributed by atoms with Crippen LogP contribution < -0.4 is 0 Å². The molecule has 0 aromatic carbocycles. The molecule has 0 bridgehead atoms. The number of nitrogens with zero attached hydrogens (tertiary/aromatic N) is 2. The van der Waals surface area contributed by atoms with Crippen LogP contribution in [0.3, 0.4) is 0 Å². The fourth-order valence-electron chi connectivity index (χ4n) is 2.92. The summed E-state index contributed by atoms with van der Waals surface area (Å²) in [5.74, 6) is 0.224. The molecule has 4 nitrogen and oxygen atoms in total. The van der Waals surface area contributed by atoms with Crippen LogP contribution in [0.25, 0.3) is 0 Å². The summed E-state index contributed by atoms with van der Waals surface area (Å²) in [6.45, 7) is 1.27. The quantitative estimate of drug-likeness (QED) is 0.775. The molecule has 0 heterocycles. The minimum absolute atomic E-state index is 0.150. The highest BCUT2D eigenvalue weighted by molar-refractivity contribution is 5.78. The van der Waals surface area contributed by atoms with Gasteiger partial charge in [0, 0.05) is 25.7 Å². The number of amides is 1. The maximum absolute atomic E-state index is 12.3. The molecule has 0 aromatic heterocycles. The van der Waals surface area contributed by atoms with E-state index in [1.165, 1.54) is 32.1 Å². The zero-order valence-corrected chi connectivity index (χ0v) is 11.5. The molecule has 104 valence electrons. The number of aliphatic hydroxyl groups excluding tert-OH is 1. The molecule has 1 amide bonds. The molecule has 2 rings (SSSR count). The van der Waals surface area contributed by atoms with Gasteiger partial charge in [0.2, 0.25) is 5.91 Å². The molecule has 4 heteroatoms. The Bertz CT molecular complexity index is 273. The van der Waals surface area contributed by atoms with Gasteiger partial charge < -0.3 is 10.0 Å². The minimum atomic E-state index is 0.150. The number of likely N-dealkylation sites (N-methyl/N-ethyl adjacent to an activating group) is 1. The van der Waals surface area contributed by atoms with E-state index in [2.05, 4.69) is 4.90 Å². The maximum atomic E-state index is 12.3. The van der Waals surface area contributed by atoms with Crippen molar-refractivity contribution in [3.63, 3.8) is 0 Å². The topological polar surface area (TPSA) is 43.8 Å². The Morgan fingerprint density at radius 2 is 1.78 bits per heavy atom. The smallest absolute Gasteiger partial charge is 0.236 e. The molecule has 2 saturated carbocycles. The Hall–Kier alpha value is -0.610. The number of carbonyl (C=O) groups excluding carboxylic acids is 1. The second kappa shape index (κ2) is 6.53. The van der Waals surface area contributed by atoms with Gasteiger partial charge in [-0.05, 0) is 25.7 Å². The summed E-state index contributed by atoms with van der Waals surface area (Å²) in [6.07, 6.45) is 8.51. The molecule has 2 fully saturated rings. The van der Waals surface area contributed by atoms with Gasteiger partial charge in [-0.15, -0.1) is 0 Å². The van der Waals surface area contributed by atoms with E-state index in [1.807, 2.05) is 11.9 Å². The molecule has 18 heavy (non-hydrogen) atoms. The molecule has 1 N–H and O–H groups in total. The van der Waals surface area contributed by atoms with Crippen LogP contribution in [0.1, 0.15) is 44.9 Å². The number of rotatable bonds is 6. The molecule has 2 aliphatic carbocycles. The van der Waals surface area contributed by atoms with E-state index in [4.69, 9.17) is 5.11 Å². The predicted molar refractivity (Wildman–Crippen MR) is 71.3 cm³/mol. The molecular weight excluding hydrogens is 228 g/mol. The van der Waals surface area contributed by atoms with Gasteiger partial charge in [-0.1, -0.05) is 19.3 Å². The molecule has 0 spiro atoms. The number of carbonyl (C=O) groups is 1. The van der Waals surface area contributed by atoms with E-state index < -0.39 is 0 Å². The van der Waals surface area contributed by atoms with E-state index in [0.29, 0.717) is 25.2 Å². The van der Waals surface area contributed by atoms with Crippen molar-refractivity contribution in [2.45, 2.75) is 57.0 Å². The predicted octanol–water partition coefficient (Wildman–Crippen LogP) is 1.23. The lowest BCUT2D eigenvalue weighted by molar-refractivity contribution is -0.134. The van der Waals surface area contributed by atoms with Crippen LogP contribution in [0.5, 0.6) is 0 Å². The number of hydrogen-bond acceptors (Lipinski definition) is 3. The first-order valence-electron chi connectivity index (χ1n) is 7.33. The van der Waals surface area contributed by atoms with Crippen LogP contribution in [0, 0.1) is 0 Å². The van der Waals surface area contributed by atoms with Crippen LogP contribution in [0.4, 0.5) is 0 Å². The van der Waals surface area contributed by atoms with Crippen molar-refractivity contribution in [2.24, 2.45) is 0 Å². The first-order valence-corrected chi connectivity index (χ1v) is 7.33. The third-order valence-electron chi connectivity index (χ3n) is 4.30. The van der Waals surface area contributed by atoms with E-state index in [-0.39, 0.29) is 12.5 Å². The van der Waals surface area contributed by atoms with Crippen molar-refractivity contribution in [2.75, 3.05) is 26.7 Å². The Morgan fingerprint density at radius 1 is 1.11 bits per heavy atom. The van der Waals surface area contributed by atoms with Crippen LogP contribution in [0.15, 0.2) is 0 Å². The van der Waals surface area contributed by atoms with Gasteiger partial charge >= 0.3 is 0 Å². The van der Waals surface area contributed by atoms with Crippen molar-refractivity contribution in [1.29, 1.82) is 0 Å². The fourth-order valence-corrected chi connectivity index (χ4v) is 2.92. The first kappa shape index (κ1) is 13.8. The molecule has 0 radical (unpaired) electrons. The molecular formula is C14H26N2O2. The Morgan fingerprint density at radius 3 is 2.33 bits per heavy atom. The van der Waals surface area contributed by atoms with Gasteiger partial charge in [0.15, 0.2) is 0 Å². The van der Waals surface area contributed by atoms with E-state index in [1.54, 1.807) is 0 Å². The zero-order valence-electron chi connectivity index (χ0n) is 11.5. The second-order valence-corrected chi connectivity index (χ2v) is 5.72.